The summed E-state index contributed by atoms with van der Waals surface area (Å²) in [5.41, 5.74) is 0. The molecule has 0 atom stereocenters. The third-order valence-electron chi connectivity index (χ3n) is 0.347. The fraction of sp³-hybridized carbons (Fsp3) is 0. The molecule has 0 radical (unpaired) electrons. The Morgan fingerprint density at radius 3 is 1.06 bits per heavy atom. The van der Waals surface area contributed by atoms with Crippen molar-refractivity contribution < 1.29 is 39.1 Å². The van der Waals surface area contributed by atoms with Gasteiger partial charge < -0.3 is 0 Å². The number of hydrogen-bond donors (Lipinski definition) is 2. The van der Waals surface area contributed by atoms with Gasteiger partial charge in [-0.05, 0) is 0 Å². The molecule has 0 rings (SSSR count). The van der Waals surface area contributed by atoms with Gasteiger partial charge in [-0.15, -0.1) is 0 Å². The molecule has 2 N–H and O–H groups in total. The Morgan fingerprint density at radius 1 is 0.750 bits per heavy atom. The average Bonchev–Trinajstić information content (AvgIpc) is 1.49. The van der Waals surface area contributed by atoms with Gasteiger partial charge >= 0.3 is 178 Å². The molecule has 0 saturated carbocycles. The van der Waals surface area contributed by atoms with Gasteiger partial charge in [0, 0.05) is 0 Å². The van der Waals surface area contributed by atoms with E-state index in [1.54, 1.807) is 0 Å². The van der Waals surface area contributed by atoms with Crippen LogP contribution in [0.2, 0.25) is 0 Å². The van der Waals surface area contributed by atoms with Gasteiger partial charge in [0.15, 0.2) is 0 Å². The SMILES string of the molecule is O=C(OS(=O)(=O)O)OS(=O)(=O)O.[CaH2].[CaH2].[CaH2].[CaH2]. The van der Waals surface area contributed by atoms with Crippen molar-refractivity contribution in [3.63, 3.8) is 0 Å². The van der Waals surface area contributed by atoms with Crippen LogP contribution in [0.1, 0.15) is 0 Å². The monoisotopic (exact) mass is 390 g/mol. The Hall–Kier alpha value is 4.13. The Kier molecular flexibility index (Phi) is 28.3. The molecule has 0 aromatic heterocycles. The van der Waals surface area contributed by atoms with Crippen LogP contribution in [-0.2, 0) is 29.2 Å². The molecule has 0 aromatic carbocycles. The van der Waals surface area contributed by atoms with Crippen LogP contribution in [0.3, 0.4) is 0 Å². The van der Waals surface area contributed by atoms with Crippen molar-refractivity contribution in [3.8, 4) is 0 Å². The molecule has 0 amide bonds. The van der Waals surface area contributed by atoms with E-state index in [-0.39, 0.29) is 151 Å². The first-order chi connectivity index (χ1) is 5.10. The van der Waals surface area contributed by atoms with Crippen molar-refractivity contribution in [2.45, 2.75) is 0 Å². The zero-order valence-corrected chi connectivity index (χ0v) is 6.70. The molecule has 0 aliphatic heterocycles. The van der Waals surface area contributed by atoms with Crippen LogP contribution < -0.4 is 0 Å². The predicted molar refractivity (Wildman–Crippen MR) is 64.8 cm³/mol. The quantitative estimate of drug-likeness (QED) is 0.350. The van der Waals surface area contributed by atoms with Crippen molar-refractivity contribution in [3.05, 3.63) is 0 Å². The zero-order valence-electron chi connectivity index (χ0n) is 5.07. The fourth-order valence-corrected chi connectivity index (χ4v) is 0.641. The summed E-state index contributed by atoms with van der Waals surface area (Å²) in [5, 5.41) is 0. The molecule has 88 valence electrons. The number of carbonyl (C=O) groups is 1. The molecule has 0 spiro atoms. The maximum atomic E-state index is 9.95. The standard InChI is InChI=1S/CH2O9S2.4Ca.8H/c2-1(9-11(3,4)5)10-12(6,7)8;;;;;;;;;;;;/h(H,3,4,5)(H,6,7,8);;;;;;;;;;;;. The second kappa shape index (κ2) is 14.1. The summed E-state index contributed by atoms with van der Waals surface area (Å²) in [4.78, 5) is 9.95. The summed E-state index contributed by atoms with van der Waals surface area (Å²) in [6.07, 6.45) is -2.29. The average molecular weight is 391 g/mol. The van der Waals surface area contributed by atoms with Crippen molar-refractivity contribution in [2.75, 3.05) is 0 Å². The summed E-state index contributed by atoms with van der Waals surface area (Å²) >= 11 is 0. The van der Waals surface area contributed by atoms with E-state index in [9.17, 15) is 21.6 Å². The Balaban J connectivity index is -0.000000101. The molecule has 0 fully saturated rings. The Morgan fingerprint density at radius 2 is 0.938 bits per heavy atom. The molecular formula is CH10Ca4O9S2. The molecule has 0 unspecified atom stereocenters. The molecular weight excluding hydrogens is 380 g/mol. The van der Waals surface area contributed by atoms with Gasteiger partial charge in [0.25, 0.3) is 0 Å². The van der Waals surface area contributed by atoms with E-state index in [0.717, 1.165) is 0 Å². The van der Waals surface area contributed by atoms with E-state index in [2.05, 4.69) is 8.37 Å². The van der Waals surface area contributed by atoms with Crippen LogP contribution in [0.5, 0.6) is 0 Å². The van der Waals surface area contributed by atoms with Crippen LogP contribution in [0, 0.1) is 0 Å². The number of carbonyl (C=O) groups excluding carboxylic acids is 1. The molecule has 0 aliphatic rings. The van der Waals surface area contributed by atoms with E-state index in [1.165, 1.54) is 0 Å². The van der Waals surface area contributed by atoms with E-state index in [4.69, 9.17) is 9.11 Å². The third-order valence-corrected chi connectivity index (χ3v) is 1.04. The van der Waals surface area contributed by atoms with Crippen molar-refractivity contribution in [1.82, 2.24) is 0 Å². The molecule has 9 nitrogen and oxygen atoms in total. The van der Waals surface area contributed by atoms with Crippen LogP contribution >= 0.6 is 0 Å². The van der Waals surface area contributed by atoms with Crippen LogP contribution in [0.25, 0.3) is 0 Å². The van der Waals surface area contributed by atoms with Gasteiger partial charge in [-0.2, -0.15) is 16.8 Å². The molecule has 16 heavy (non-hydrogen) atoms. The van der Waals surface area contributed by atoms with Crippen LogP contribution in [0.4, 0.5) is 4.79 Å². The van der Waals surface area contributed by atoms with Crippen LogP contribution in [0.15, 0.2) is 0 Å². The first kappa shape index (κ1) is 32.2. The zero-order chi connectivity index (χ0) is 9.99. The first-order valence-corrected chi connectivity index (χ1v) is 4.71. The Labute approximate surface area is 211 Å². The van der Waals surface area contributed by atoms with E-state index in [1.807, 2.05) is 0 Å². The van der Waals surface area contributed by atoms with Crippen molar-refractivity contribution in [2.24, 2.45) is 0 Å². The summed E-state index contributed by atoms with van der Waals surface area (Å²) in [6, 6.07) is 0. The maximum absolute atomic E-state index is 9.95. The topological polar surface area (TPSA) is 144 Å². The third kappa shape index (κ3) is 26.6. The molecule has 15 heteroatoms. The van der Waals surface area contributed by atoms with E-state index in [0.29, 0.717) is 0 Å². The molecule has 0 heterocycles. The first-order valence-electron chi connectivity index (χ1n) is 1.98. The summed E-state index contributed by atoms with van der Waals surface area (Å²) in [6.45, 7) is 0. The van der Waals surface area contributed by atoms with Crippen LogP contribution in [-0.4, -0.2) is 183 Å². The van der Waals surface area contributed by atoms with E-state index >= 15 is 0 Å². The minimum atomic E-state index is -5.15. The van der Waals surface area contributed by atoms with Crippen molar-refractivity contribution >= 4 is 178 Å². The van der Waals surface area contributed by atoms with E-state index < -0.39 is 27.0 Å². The molecule has 0 saturated heterocycles. The second-order valence-electron chi connectivity index (χ2n) is 1.27. The predicted octanol–water partition coefficient (Wildman–Crippen LogP) is -4.92. The minimum absolute atomic E-state index is 0. The summed E-state index contributed by atoms with van der Waals surface area (Å²) in [7, 11) is -10.3. The Bertz CT molecular complexity index is 332. The second-order valence-corrected chi connectivity index (χ2v) is 3.32. The van der Waals surface area contributed by atoms with Gasteiger partial charge in [-0.3, -0.25) is 17.5 Å². The van der Waals surface area contributed by atoms with Gasteiger partial charge in [0.05, 0.1) is 0 Å². The summed E-state index contributed by atoms with van der Waals surface area (Å²) in [5.74, 6) is 0. The van der Waals surface area contributed by atoms with Gasteiger partial charge in [0.2, 0.25) is 0 Å². The molecule has 0 aromatic rings. The normalized spacial score (nSPS) is 9.12. The van der Waals surface area contributed by atoms with Gasteiger partial charge in [-0.1, -0.05) is 0 Å². The molecule has 0 bridgehead atoms. The van der Waals surface area contributed by atoms with Gasteiger partial charge in [-0.25, -0.2) is 4.79 Å². The number of hydrogen-bond acceptors (Lipinski definition) is 7. The summed E-state index contributed by atoms with van der Waals surface area (Å²) < 4.78 is 60.1. The van der Waals surface area contributed by atoms with Gasteiger partial charge in [0.1, 0.15) is 0 Å². The molecule has 0 aliphatic carbocycles. The number of rotatable bonds is 2. The fourth-order valence-electron chi connectivity index (χ4n) is 0.186. The van der Waals surface area contributed by atoms with Crippen molar-refractivity contribution in [1.29, 1.82) is 0 Å².